The number of hydrogen-bond acceptors (Lipinski definition) is 6. The molecular formula is C39H51FN6O4. The van der Waals surface area contributed by atoms with Gasteiger partial charge in [0.25, 0.3) is 5.91 Å². The van der Waals surface area contributed by atoms with Gasteiger partial charge in [0.2, 0.25) is 17.7 Å². The SMILES string of the molecule is N=C(Cc1ccc(F)c(C(=O)N2CCN(C(=O)CN3CCC4(CC3)CCN(C(=O)CC3CCCCC3)CC4)CC2)c1)c1ccccc1C(N)=O. The molecule has 3 N–H and O–H groups in total. The molecule has 4 amide bonds. The summed E-state index contributed by atoms with van der Waals surface area (Å²) in [6.07, 6.45) is 11.3. The molecule has 0 bridgehead atoms. The van der Waals surface area contributed by atoms with E-state index in [1.165, 1.54) is 50.3 Å². The Morgan fingerprint density at radius 1 is 0.740 bits per heavy atom. The van der Waals surface area contributed by atoms with Crippen LogP contribution in [0.1, 0.15) is 96.1 Å². The van der Waals surface area contributed by atoms with Gasteiger partial charge in [-0.2, -0.15) is 0 Å². The van der Waals surface area contributed by atoms with Crippen molar-refractivity contribution in [2.75, 3.05) is 58.9 Å². The number of primary amides is 1. The van der Waals surface area contributed by atoms with Crippen LogP contribution in [0.25, 0.3) is 0 Å². The molecule has 3 aliphatic heterocycles. The molecule has 11 heteroatoms. The Kier molecular flexibility index (Phi) is 11.3. The maximum absolute atomic E-state index is 14.9. The van der Waals surface area contributed by atoms with Gasteiger partial charge in [-0.25, -0.2) is 4.39 Å². The number of halogens is 1. The van der Waals surface area contributed by atoms with Gasteiger partial charge in [-0.05, 0) is 86.7 Å². The van der Waals surface area contributed by atoms with Crippen molar-refractivity contribution in [2.45, 2.75) is 70.6 Å². The average Bonchev–Trinajstić information content (AvgIpc) is 3.14. The Balaban J connectivity index is 0.941. The van der Waals surface area contributed by atoms with Crippen LogP contribution in [0.2, 0.25) is 0 Å². The van der Waals surface area contributed by atoms with E-state index in [4.69, 9.17) is 11.1 Å². The van der Waals surface area contributed by atoms with E-state index in [1.807, 2.05) is 0 Å². The van der Waals surface area contributed by atoms with Crippen LogP contribution in [0, 0.1) is 22.6 Å². The maximum Gasteiger partial charge on any atom is 0.256 e. The third kappa shape index (κ3) is 8.42. The molecule has 2 aromatic carbocycles. The number of amides is 4. The van der Waals surface area contributed by atoms with E-state index in [9.17, 15) is 23.6 Å². The summed E-state index contributed by atoms with van der Waals surface area (Å²) >= 11 is 0. The van der Waals surface area contributed by atoms with Crippen molar-refractivity contribution in [2.24, 2.45) is 17.1 Å². The number of nitrogens with two attached hydrogens (primary N) is 1. The minimum absolute atomic E-state index is 0.0547. The highest BCUT2D eigenvalue weighted by molar-refractivity contribution is 6.09. The molecule has 4 aliphatic rings. The molecule has 0 unspecified atom stereocenters. The van der Waals surface area contributed by atoms with Gasteiger partial charge in [0, 0.05) is 68.9 Å². The zero-order valence-electron chi connectivity index (χ0n) is 29.1. The molecule has 3 saturated heterocycles. The second-order valence-corrected chi connectivity index (χ2v) is 14.9. The number of carbonyl (C=O) groups is 4. The second-order valence-electron chi connectivity index (χ2n) is 14.9. The predicted molar refractivity (Wildman–Crippen MR) is 189 cm³/mol. The Bertz CT molecular complexity index is 1580. The van der Waals surface area contributed by atoms with Gasteiger partial charge in [-0.15, -0.1) is 0 Å². The lowest BCUT2D eigenvalue weighted by molar-refractivity contribution is -0.137. The first-order chi connectivity index (χ1) is 24.1. The molecule has 1 spiro atoms. The van der Waals surface area contributed by atoms with Crippen LogP contribution in [0.4, 0.5) is 4.39 Å². The van der Waals surface area contributed by atoms with Gasteiger partial charge < -0.3 is 25.8 Å². The van der Waals surface area contributed by atoms with Crippen LogP contribution in [0.5, 0.6) is 0 Å². The molecular weight excluding hydrogens is 635 g/mol. The Labute approximate surface area is 294 Å². The van der Waals surface area contributed by atoms with E-state index in [0.717, 1.165) is 58.3 Å². The average molecular weight is 687 g/mol. The summed E-state index contributed by atoms with van der Waals surface area (Å²) in [5.74, 6) is -0.737. The van der Waals surface area contributed by atoms with Gasteiger partial charge in [0.05, 0.1) is 12.1 Å². The van der Waals surface area contributed by atoms with Crippen LogP contribution >= 0.6 is 0 Å². The quantitative estimate of drug-likeness (QED) is 0.376. The van der Waals surface area contributed by atoms with Gasteiger partial charge in [-0.3, -0.25) is 24.1 Å². The highest BCUT2D eigenvalue weighted by Gasteiger charge is 2.39. The van der Waals surface area contributed by atoms with E-state index in [2.05, 4.69) is 9.80 Å². The van der Waals surface area contributed by atoms with Crippen molar-refractivity contribution in [3.05, 3.63) is 70.5 Å². The highest BCUT2D eigenvalue weighted by atomic mass is 19.1. The number of hydrogen-bond donors (Lipinski definition) is 2. The van der Waals surface area contributed by atoms with Crippen LogP contribution in [0.3, 0.4) is 0 Å². The third-order valence-electron chi connectivity index (χ3n) is 11.7. The molecule has 0 radical (unpaired) electrons. The first-order valence-corrected chi connectivity index (χ1v) is 18.4. The van der Waals surface area contributed by atoms with E-state index in [-0.39, 0.29) is 34.6 Å². The lowest BCUT2D eigenvalue weighted by atomic mass is 9.71. The Morgan fingerprint density at radius 2 is 1.34 bits per heavy atom. The van der Waals surface area contributed by atoms with E-state index < -0.39 is 17.6 Å². The van der Waals surface area contributed by atoms with Crippen LogP contribution in [-0.4, -0.2) is 108 Å². The molecule has 4 fully saturated rings. The summed E-state index contributed by atoms with van der Waals surface area (Å²) in [6.45, 7) is 5.24. The van der Waals surface area contributed by atoms with Gasteiger partial charge in [0.1, 0.15) is 5.82 Å². The second kappa shape index (κ2) is 15.8. The number of piperidine rings is 2. The molecule has 10 nitrogen and oxygen atoms in total. The van der Waals surface area contributed by atoms with E-state index in [0.29, 0.717) is 55.7 Å². The van der Waals surface area contributed by atoms with Gasteiger partial charge in [-0.1, -0.05) is 43.5 Å². The summed E-state index contributed by atoms with van der Waals surface area (Å²) in [5, 5.41) is 8.54. The fraction of sp³-hybridized carbons (Fsp3) is 0.564. The number of nitrogens with one attached hydrogen (secondary N) is 1. The molecule has 2 aromatic rings. The summed E-state index contributed by atoms with van der Waals surface area (Å²) in [6, 6.07) is 10.8. The highest BCUT2D eigenvalue weighted by Crippen LogP contribution is 2.41. The molecule has 268 valence electrons. The first kappa shape index (κ1) is 35.7. The minimum Gasteiger partial charge on any atom is -0.366 e. The molecule has 0 aromatic heterocycles. The normalized spacial score (nSPS) is 20.1. The van der Waals surface area contributed by atoms with E-state index >= 15 is 0 Å². The molecule has 3 heterocycles. The van der Waals surface area contributed by atoms with Crippen molar-refractivity contribution in [3.8, 4) is 0 Å². The minimum atomic E-state index is -0.638. The maximum atomic E-state index is 14.9. The van der Waals surface area contributed by atoms with Crippen molar-refractivity contribution >= 4 is 29.3 Å². The fourth-order valence-corrected chi connectivity index (χ4v) is 8.41. The number of benzene rings is 2. The largest absolute Gasteiger partial charge is 0.366 e. The fourth-order valence-electron chi connectivity index (χ4n) is 8.41. The smallest absolute Gasteiger partial charge is 0.256 e. The Morgan fingerprint density at radius 3 is 2.00 bits per heavy atom. The summed E-state index contributed by atoms with van der Waals surface area (Å²) in [4.78, 5) is 59.2. The standard InChI is InChI=1S/C39H51FN6O4/c40-33-11-10-29(25-34(41)30-8-4-5-9-31(30)37(42)49)24-32(33)38(50)46-22-20-45(21-23-46)36(48)27-43-16-12-39(13-17-43)14-18-44(19-15-39)35(47)26-28-6-2-1-3-7-28/h4-5,8-11,24,28,41H,1-3,6-7,12-23,25-27H2,(H2,42,49). The molecule has 0 atom stereocenters. The van der Waals surface area contributed by atoms with Gasteiger partial charge >= 0.3 is 0 Å². The molecule has 50 heavy (non-hydrogen) atoms. The van der Waals surface area contributed by atoms with Gasteiger partial charge in [0.15, 0.2) is 0 Å². The third-order valence-corrected chi connectivity index (χ3v) is 11.7. The monoisotopic (exact) mass is 686 g/mol. The predicted octanol–water partition coefficient (Wildman–Crippen LogP) is 4.49. The summed E-state index contributed by atoms with van der Waals surface area (Å²) in [7, 11) is 0. The van der Waals surface area contributed by atoms with Crippen LogP contribution in [-0.2, 0) is 16.0 Å². The number of nitrogens with zero attached hydrogens (tertiary/aromatic N) is 4. The van der Waals surface area contributed by atoms with Crippen molar-refractivity contribution in [3.63, 3.8) is 0 Å². The molecule has 6 rings (SSSR count). The number of carbonyl (C=O) groups excluding carboxylic acids is 4. The van der Waals surface area contributed by atoms with Crippen LogP contribution < -0.4 is 5.73 Å². The summed E-state index contributed by atoms with van der Waals surface area (Å²) in [5.41, 5.74) is 7.03. The zero-order chi connectivity index (χ0) is 35.3. The van der Waals surface area contributed by atoms with Crippen molar-refractivity contribution in [1.29, 1.82) is 5.41 Å². The first-order valence-electron chi connectivity index (χ1n) is 18.4. The summed E-state index contributed by atoms with van der Waals surface area (Å²) < 4.78 is 14.9. The molecule has 1 aliphatic carbocycles. The van der Waals surface area contributed by atoms with Crippen molar-refractivity contribution < 1.29 is 23.6 Å². The molecule has 1 saturated carbocycles. The number of piperazine rings is 1. The Hall–Kier alpha value is -4.12. The number of likely N-dealkylation sites (tertiary alicyclic amines) is 2. The van der Waals surface area contributed by atoms with E-state index in [1.54, 1.807) is 34.1 Å². The lowest BCUT2D eigenvalue weighted by Gasteiger charge is -2.47. The van der Waals surface area contributed by atoms with Crippen LogP contribution in [0.15, 0.2) is 42.5 Å². The van der Waals surface area contributed by atoms with Crippen molar-refractivity contribution in [1.82, 2.24) is 19.6 Å². The number of rotatable bonds is 9. The zero-order valence-corrected chi connectivity index (χ0v) is 29.1. The lowest BCUT2D eigenvalue weighted by Crippen LogP contribution is -2.54. The topological polar surface area (TPSA) is 131 Å².